The van der Waals surface area contributed by atoms with Gasteiger partial charge in [-0.15, -0.1) is 11.3 Å². The Hall–Kier alpha value is -3.52. The quantitative estimate of drug-likeness (QED) is 0.471. The van der Waals surface area contributed by atoms with E-state index < -0.39 is 0 Å². The van der Waals surface area contributed by atoms with E-state index in [0.29, 0.717) is 31.0 Å². The number of benzene rings is 2. The maximum atomic E-state index is 13.4. The van der Waals surface area contributed by atoms with Crippen LogP contribution in [0.25, 0.3) is 16.2 Å². The van der Waals surface area contributed by atoms with Crippen LogP contribution in [-0.4, -0.2) is 39.2 Å². The molecule has 0 bridgehead atoms. The van der Waals surface area contributed by atoms with Gasteiger partial charge in [-0.2, -0.15) is 0 Å². The van der Waals surface area contributed by atoms with Crippen LogP contribution in [0.4, 0.5) is 10.2 Å². The molecule has 6 nitrogen and oxygen atoms in total. The van der Waals surface area contributed by atoms with Crippen molar-refractivity contribution >= 4 is 33.9 Å². The van der Waals surface area contributed by atoms with Gasteiger partial charge in [-0.3, -0.25) is 14.0 Å². The number of hydrogen-bond acceptors (Lipinski definition) is 4. The number of rotatable bonds is 5. The molecule has 33 heavy (non-hydrogen) atoms. The summed E-state index contributed by atoms with van der Waals surface area (Å²) in [4.78, 5) is 33.2. The Morgan fingerprint density at radius 3 is 2.70 bits per heavy atom. The summed E-state index contributed by atoms with van der Waals surface area (Å²) in [6, 6.07) is 15.7. The molecule has 1 aliphatic rings. The maximum Gasteiger partial charge on any atom is 0.230 e. The monoisotopic (exact) mass is 462 g/mol. The third-order valence-electron chi connectivity index (χ3n) is 5.96. The van der Waals surface area contributed by atoms with Gasteiger partial charge in [0.15, 0.2) is 4.96 Å². The standard InChI is InChI=1S/C25H23FN4O2S/c26-20-10-8-18(9-11-20)22-23(30-13-14-33-25(30)27-22)28-24(32)19-7-4-12-29(16-19)21(31)15-17-5-2-1-3-6-17/h1-3,5-6,8-11,13-14,19H,4,7,12,15-16H2,(H,28,32). The molecule has 0 radical (unpaired) electrons. The summed E-state index contributed by atoms with van der Waals surface area (Å²) in [6.07, 6.45) is 3.69. The average Bonchev–Trinajstić information content (AvgIpc) is 3.43. The van der Waals surface area contributed by atoms with Crippen molar-refractivity contribution in [2.75, 3.05) is 18.4 Å². The number of likely N-dealkylation sites (tertiary alicyclic amines) is 1. The largest absolute Gasteiger partial charge is 0.342 e. The lowest BCUT2D eigenvalue weighted by atomic mass is 9.96. The number of fused-ring (bicyclic) bond motifs is 1. The Morgan fingerprint density at radius 2 is 1.91 bits per heavy atom. The third-order valence-corrected chi connectivity index (χ3v) is 6.72. The number of carbonyl (C=O) groups excluding carboxylic acids is 2. The fourth-order valence-electron chi connectivity index (χ4n) is 4.23. The molecular weight excluding hydrogens is 439 g/mol. The second-order valence-corrected chi connectivity index (χ2v) is 9.08. The molecule has 1 saturated heterocycles. The molecule has 1 fully saturated rings. The van der Waals surface area contributed by atoms with E-state index in [1.807, 2.05) is 46.3 Å². The van der Waals surface area contributed by atoms with Gasteiger partial charge in [-0.1, -0.05) is 30.3 Å². The molecule has 1 unspecified atom stereocenters. The lowest BCUT2D eigenvalue weighted by Gasteiger charge is -2.32. The van der Waals surface area contributed by atoms with Crippen molar-refractivity contribution in [1.82, 2.24) is 14.3 Å². The van der Waals surface area contributed by atoms with Gasteiger partial charge in [0.2, 0.25) is 11.8 Å². The number of nitrogens with one attached hydrogen (secondary N) is 1. The summed E-state index contributed by atoms with van der Waals surface area (Å²) in [5, 5.41) is 4.95. The Kier molecular flexibility index (Phi) is 5.92. The van der Waals surface area contributed by atoms with Crippen LogP contribution < -0.4 is 5.32 Å². The zero-order valence-corrected chi connectivity index (χ0v) is 18.7. The second-order valence-electron chi connectivity index (χ2n) is 8.20. The smallest absolute Gasteiger partial charge is 0.230 e. The van der Waals surface area contributed by atoms with Crippen molar-refractivity contribution in [3.8, 4) is 11.3 Å². The second kappa shape index (κ2) is 9.15. The topological polar surface area (TPSA) is 66.7 Å². The highest BCUT2D eigenvalue weighted by Gasteiger charge is 2.30. The highest BCUT2D eigenvalue weighted by molar-refractivity contribution is 7.15. The predicted octanol–water partition coefficient (Wildman–Crippen LogP) is 4.62. The zero-order valence-electron chi connectivity index (χ0n) is 17.9. The number of carbonyl (C=O) groups is 2. The van der Waals surface area contributed by atoms with Gasteiger partial charge in [0.05, 0.1) is 12.3 Å². The molecular formula is C25H23FN4O2S. The van der Waals surface area contributed by atoms with Gasteiger partial charge in [0.1, 0.15) is 17.3 Å². The van der Waals surface area contributed by atoms with E-state index >= 15 is 0 Å². The lowest BCUT2D eigenvalue weighted by molar-refractivity contribution is -0.133. The molecule has 1 aliphatic heterocycles. The molecule has 2 aromatic carbocycles. The number of aromatic nitrogens is 2. The average molecular weight is 463 g/mol. The predicted molar refractivity (Wildman–Crippen MR) is 127 cm³/mol. The van der Waals surface area contributed by atoms with Crippen molar-refractivity contribution < 1.29 is 14.0 Å². The number of anilines is 1. The van der Waals surface area contributed by atoms with E-state index in [-0.39, 0.29) is 23.5 Å². The molecule has 8 heteroatoms. The highest BCUT2D eigenvalue weighted by Crippen LogP contribution is 2.31. The first-order valence-electron chi connectivity index (χ1n) is 10.9. The number of nitrogens with zero attached hydrogens (tertiary/aromatic N) is 3. The van der Waals surface area contributed by atoms with Crippen LogP contribution in [0.3, 0.4) is 0 Å². The summed E-state index contributed by atoms with van der Waals surface area (Å²) >= 11 is 1.46. The van der Waals surface area contributed by atoms with Gasteiger partial charge in [0.25, 0.3) is 0 Å². The molecule has 0 spiro atoms. The molecule has 3 heterocycles. The fraction of sp³-hybridized carbons (Fsp3) is 0.240. The third kappa shape index (κ3) is 4.52. The van der Waals surface area contributed by atoms with E-state index in [4.69, 9.17) is 0 Å². The first kappa shape index (κ1) is 21.3. The Balaban J connectivity index is 1.33. The van der Waals surface area contributed by atoms with Crippen LogP contribution in [0.1, 0.15) is 18.4 Å². The molecule has 168 valence electrons. The van der Waals surface area contributed by atoms with Crippen LogP contribution in [-0.2, 0) is 16.0 Å². The van der Waals surface area contributed by atoms with E-state index in [1.165, 1.54) is 23.5 Å². The number of amides is 2. The SMILES string of the molecule is O=C(Nc1c(-c2ccc(F)cc2)nc2sccn12)C1CCCN(C(=O)Cc2ccccc2)C1. The van der Waals surface area contributed by atoms with Crippen molar-refractivity contribution in [2.24, 2.45) is 5.92 Å². The molecule has 2 aromatic heterocycles. The van der Waals surface area contributed by atoms with Gasteiger partial charge in [-0.25, -0.2) is 9.37 Å². The molecule has 0 aliphatic carbocycles. The van der Waals surface area contributed by atoms with Crippen LogP contribution in [0, 0.1) is 11.7 Å². The first-order valence-corrected chi connectivity index (χ1v) is 11.8. The number of imidazole rings is 1. The van der Waals surface area contributed by atoms with E-state index in [9.17, 15) is 14.0 Å². The fourth-order valence-corrected chi connectivity index (χ4v) is 4.95. The summed E-state index contributed by atoms with van der Waals surface area (Å²) in [5.74, 6) is -0.161. The summed E-state index contributed by atoms with van der Waals surface area (Å²) < 4.78 is 15.3. The zero-order chi connectivity index (χ0) is 22.8. The minimum atomic E-state index is -0.326. The van der Waals surface area contributed by atoms with Crippen LogP contribution in [0.5, 0.6) is 0 Å². The molecule has 2 amide bonds. The van der Waals surface area contributed by atoms with Gasteiger partial charge < -0.3 is 10.2 Å². The van der Waals surface area contributed by atoms with Gasteiger partial charge >= 0.3 is 0 Å². The molecule has 0 saturated carbocycles. The van der Waals surface area contributed by atoms with Crippen molar-refractivity contribution in [3.63, 3.8) is 0 Å². The number of halogens is 1. The van der Waals surface area contributed by atoms with Crippen molar-refractivity contribution in [2.45, 2.75) is 19.3 Å². The Bertz CT molecular complexity index is 1280. The Morgan fingerprint density at radius 1 is 1.12 bits per heavy atom. The van der Waals surface area contributed by atoms with Gasteiger partial charge in [-0.05, 0) is 42.7 Å². The van der Waals surface area contributed by atoms with Gasteiger partial charge in [0, 0.05) is 30.2 Å². The summed E-state index contributed by atoms with van der Waals surface area (Å²) in [6.45, 7) is 1.06. The molecule has 1 atom stereocenters. The summed E-state index contributed by atoms with van der Waals surface area (Å²) in [7, 11) is 0. The van der Waals surface area contributed by atoms with E-state index in [2.05, 4.69) is 10.3 Å². The first-order chi connectivity index (χ1) is 16.1. The minimum Gasteiger partial charge on any atom is -0.342 e. The minimum absolute atomic E-state index is 0.0373. The van der Waals surface area contributed by atoms with Crippen LogP contribution in [0.15, 0.2) is 66.2 Å². The van der Waals surface area contributed by atoms with E-state index in [0.717, 1.165) is 28.9 Å². The highest BCUT2D eigenvalue weighted by atomic mass is 32.1. The number of piperidine rings is 1. The Labute approximate surface area is 194 Å². The van der Waals surface area contributed by atoms with Crippen LogP contribution >= 0.6 is 11.3 Å². The normalized spacial score (nSPS) is 16.2. The molecule has 5 rings (SSSR count). The van der Waals surface area contributed by atoms with Crippen LogP contribution in [0.2, 0.25) is 0 Å². The maximum absolute atomic E-state index is 13.4. The lowest BCUT2D eigenvalue weighted by Crippen LogP contribution is -2.44. The number of thiazole rings is 1. The number of hydrogen-bond donors (Lipinski definition) is 1. The van der Waals surface area contributed by atoms with Crippen molar-refractivity contribution in [1.29, 1.82) is 0 Å². The van der Waals surface area contributed by atoms with Crippen molar-refractivity contribution in [3.05, 3.63) is 77.6 Å². The summed E-state index contributed by atoms with van der Waals surface area (Å²) in [5.41, 5.74) is 2.30. The molecule has 4 aromatic rings. The van der Waals surface area contributed by atoms with E-state index in [1.54, 1.807) is 17.0 Å². The molecule has 1 N–H and O–H groups in total.